The van der Waals surface area contributed by atoms with Gasteiger partial charge >= 0.3 is 6.18 Å². The van der Waals surface area contributed by atoms with Crippen molar-refractivity contribution in [2.75, 3.05) is 6.54 Å². The Hall–Kier alpha value is -1.85. The zero-order valence-corrected chi connectivity index (χ0v) is 13.4. The molecule has 2 aromatic rings. The highest BCUT2D eigenvalue weighted by Crippen LogP contribution is 2.29. The highest BCUT2D eigenvalue weighted by molar-refractivity contribution is 5.26. The summed E-state index contributed by atoms with van der Waals surface area (Å²) in [4.78, 5) is 0. The summed E-state index contributed by atoms with van der Waals surface area (Å²) in [5.74, 6) is 0. The van der Waals surface area contributed by atoms with Gasteiger partial charge in [-0.3, -0.25) is 0 Å². The molecule has 0 aliphatic heterocycles. The lowest BCUT2D eigenvalue weighted by molar-refractivity contribution is -0.137. The number of hydrogen-bond acceptors (Lipinski definition) is 2. The van der Waals surface area contributed by atoms with Crippen molar-refractivity contribution in [3.05, 3.63) is 70.8 Å². The van der Waals surface area contributed by atoms with Crippen LogP contribution in [0.25, 0.3) is 0 Å². The molecule has 23 heavy (non-hydrogen) atoms. The van der Waals surface area contributed by atoms with Crippen LogP contribution in [0, 0.1) is 6.92 Å². The van der Waals surface area contributed by atoms with Crippen LogP contribution in [-0.4, -0.2) is 6.54 Å². The molecule has 0 aliphatic rings. The summed E-state index contributed by atoms with van der Waals surface area (Å²) in [6.07, 6.45) is -3.78. The van der Waals surface area contributed by atoms with E-state index in [0.29, 0.717) is 18.5 Å². The molecule has 0 heterocycles. The molecule has 1 atom stereocenters. The fourth-order valence-electron chi connectivity index (χ4n) is 1.94. The Morgan fingerprint density at radius 2 is 1.65 bits per heavy atom. The second-order valence-electron chi connectivity index (χ2n) is 5.44. The van der Waals surface area contributed by atoms with Crippen molar-refractivity contribution >= 4 is 0 Å². The molecule has 0 radical (unpaired) electrons. The second kappa shape index (κ2) is 8.70. The van der Waals surface area contributed by atoms with E-state index in [1.807, 2.05) is 6.92 Å². The van der Waals surface area contributed by atoms with Crippen molar-refractivity contribution in [3.63, 3.8) is 0 Å². The zero-order chi connectivity index (χ0) is 17.5. The van der Waals surface area contributed by atoms with Gasteiger partial charge in [0.1, 0.15) is 0 Å². The Bertz CT molecular complexity index is 590. The quantitative estimate of drug-likeness (QED) is 0.888. The highest BCUT2D eigenvalue weighted by atomic mass is 19.4. The molecule has 0 bridgehead atoms. The van der Waals surface area contributed by atoms with E-state index in [-0.39, 0.29) is 6.04 Å². The van der Waals surface area contributed by atoms with E-state index in [1.165, 1.54) is 17.2 Å². The van der Waals surface area contributed by atoms with Crippen molar-refractivity contribution in [2.45, 2.75) is 32.5 Å². The molecule has 0 fully saturated rings. The first-order chi connectivity index (χ1) is 10.7. The lowest BCUT2D eigenvalue weighted by Crippen LogP contribution is -2.07. The third-order valence-corrected chi connectivity index (χ3v) is 3.29. The lowest BCUT2D eigenvalue weighted by Gasteiger charge is -2.07. The maximum absolute atomic E-state index is 12.2. The van der Waals surface area contributed by atoms with Gasteiger partial charge in [0.15, 0.2) is 0 Å². The van der Waals surface area contributed by atoms with E-state index in [1.54, 1.807) is 6.07 Å². The van der Waals surface area contributed by atoms with Gasteiger partial charge in [0.05, 0.1) is 5.56 Å². The summed E-state index contributed by atoms with van der Waals surface area (Å²) in [6.45, 7) is 4.43. The molecule has 5 heteroatoms. The molecule has 2 rings (SSSR count). The van der Waals surface area contributed by atoms with Gasteiger partial charge in [-0.25, -0.2) is 0 Å². The maximum atomic E-state index is 12.2. The van der Waals surface area contributed by atoms with Crippen molar-refractivity contribution in [2.24, 2.45) is 11.5 Å². The van der Waals surface area contributed by atoms with Crippen LogP contribution in [0.1, 0.15) is 35.2 Å². The lowest BCUT2D eigenvalue weighted by atomic mass is 10.1. The first-order valence-electron chi connectivity index (χ1n) is 7.42. The average Bonchev–Trinajstić information content (AvgIpc) is 2.48. The minimum Gasteiger partial charge on any atom is -0.330 e. The predicted molar refractivity (Wildman–Crippen MR) is 88.0 cm³/mol. The van der Waals surface area contributed by atoms with Gasteiger partial charge in [-0.2, -0.15) is 13.2 Å². The monoisotopic (exact) mass is 324 g/mol. The van der Waals surface area contributed by atoms with Gasteiger partial charge in [-0.1, -0.05) is 48.0 Å². The number of halogens is 3. The molecular weight excluding hydrogens is 301 g/mol. The maximum Gasteiger partial charge on any atom is 0.416 e. The van der Waals surface area contributed by atoms with Crippen molar-refractivity contribution in [1.29, 1.82) is 0 Å². The van der Waals surface area contributed by atoms with Crippen LogP contribution in [0.15, 0.2) is 48.5 Å². The van der Waals surface area contributed by atoms with Crippen molar-refractivity contribution in [1.82, 2.24) is 0 Å². The Morgan fingerprint density at radius 1 is 1.04 bits per heavy atom. The zero-order valence-electron chi connectivity index (χ0n) is 13.4. The summed E-state index contributed by atoms with van der Waals surface area (Å²) in [5.41, 5.74) is 13.4. The molecule has 0 spiro atoms. The van der Waals surface area contributed by atoms with E-state index in [4.69, 9.17) is 11.5 Å². The third kappa shape index (κ3) is 6.84. The molecular formula is C18H23F3N2. The Morgan fingerprint density at radius 3 is 2.13 bits per heavy atom. The number of benzene rings is 2. The molecule has 2 aromatic carbocycles. The van der Waals surface area contributed by atoms with Crippen LogP contribution in [0.2, 0.25) is 0 Å². The minimum absolute atomic E-state index is 0.153. The van der Waals surface area contributed by atoms with Crippen molar-refractivity contribution < 1.29 is 13.2 Å². The summed E-state index contributed by atoms with van der Waals surface area (Å²) in [6, 6.07) is 13.7. The summed E-state index contributed by atoms with van der Waals surface area (Å²) in [7, 11) is 0. The number of alkyl halides is 3. The molecule has 2 nitrogen and oxygen atoms in total. The third-order valence-electron chi connectivity index (χ3n) is 3.29. The molecule has 0 amide bonds. The van der Waals surface area contributed by atoms with Gasteiger partial charge in [0.2, 0.25) is 0 Å². The highest BCUT2D eigenvalue weighted by Gasteiger charge is 2.30. The molecule has 126 valence electrons. The smallest absolute Gasteiger partial charge is 0.330 e. The molecule has 1 unspecified atom stereocenters. The number of rotatable bonds is 3. The number of nitrogens with two attached hydrogens (primary N) is 2. The molecule has 0 aliphatic carbocycles. The van der Waals surface area contributed by atoms with E-state index in [2.05, 4.69) is 31.2 Å². The fraction of sp³-hybridized carbons (Fsp3) is 0.333. The fourth-order valence-corrected chi connectivity index (χ4v) is 1.94. The Labute approximate surface area is 135 Å². The van der Waals surface area contributed by atoms with Crippen LogP contribution in [0.5, 0.6) is 0 Å². The first kappa shape index (κ1) is 19.2. The minimum atomic E-state index is -4.26. The van der Waals surface area contributed by atoms with E-state index in [0.717, 1.165) is 12.1 Å². The van der Waals surface area contributed by atoms with Gasteiger partial charge in [-0.15, -0.1) is 0 Å². The van der Waals surface area contributed by atoms with Crippen molar-refractivity contribution in [3.8, 4) is 0 Å². The summed E-state index contributed by atoms with van der Waals surface area (Å²) >= 11 is 0. The number of hydrogen-bond donors (Lipinski definition) is 2. The average molecular weight is 324 g/mol. The van der Waals surface area contributed by atoms with Crippen LogP contribution < -0.4 is 11.5 Å². The second-order valence-corrected chi connectivity index (χ2v) is 5.44. The molecule has 0 saturated carbocycles. The summed E-state index contributed by atoms with van der Waals surface area (Å²) in [5, 5.41) is 0. The normalized spacial score (nSPS) is 12.3. The standard InChI is InChI=1S/C9H10F3N.C9H13N/c10-9(11,12)8-3-1-2-7(6-8)4-5-13;1-7-3-5-9(6-4-7)8(2)10/h1-3,6H,4-5,13H2;3-6,8H,10H2,1-2H3. The number of aryl methyl sites for hydroxylation is 1. The predicted octanol–water partition coefficient (Wildman–Crippen LogP) is 4.22. The van der Waals surface area contributed by atoms with Gasteiger partial charge in [0, 0.05) is 6.04 Å². The van der Waals surface area contributed by atoms with E-state index >= 15 is 0 Å². The first-order valence-corrected chi connectivity index (χ1v) is 7.42. The van der Waals surface area contributed by atoms with Crippen LogP contribution >= 0.6 is 0 Å². The largest absolute Gasteiger partial charge is 0.416 e. The van der Waals surface area contributed by atoms with Gasteiger partial charge in [0.25, 0.3) is 0 Å². The SMILES string of the molecule is Cc1ccc(C(C)N)cc1.NCCc1cccc(C(F)(F)F)c1. The van der Waals surface area contributed by atoms with Crippen LogP contribution in [0.3, 0.4) is 0 Å². The van der Waals surface area contributed by atoms with Crippen LogP contribution in [0.4, 0.5) is 13.2 Å². The van der Waals surface area contributed by atoms with Gasteiger partial charge < -0.3 is 11.5 Å². The summed E-state index contributed by atoms with van der Waals surface area (Å²) < 4.78 is 36.5. The molecule has 0 aromatic heterocycles. The van der Waals surface area contributed by atoms with Crippen LogP contribution in [-0.2, 0) is 12.6 Å². The van der Waals surface area contributed by atoms with Gasteiger partial charge in [-0.05, 0) is 44.0 Å². The Balaban J connectivity index is 0.000000238. The topological polar surface area (TPSA) is 52.0 Å². The van der Waals surface area contributed by atoms with E-state index in [9.17, 15) is 13.2 Å². The molecule has 0 saturated heterocycles. The molecule has 4 N–H and O–H groups in total. The van der Waals surface area contributed by atoms with E-state index < -0.39 is 11.7 Å². The Kier molecular flexibility index (Phi) is 7.26.